The molecule has 0 spiro atoms. The van der Waals surface area contributed by atoms with Crippen molar-refractivity contribution in [3.05, 3.63) is 206 Å². The summed E-state index contributed by atoms with van der Waals surface area (Å²) in [5, 5.41) is 4.17. The minimum Gasteiger partial charge on any atom is -0.454 e. The second-order valence-electron chi connectivity index (χ2n) is 15.3. The minimum absolute atomic E-state index is 0.593. The molecule has 0 bridgehead atoms. The van der Waals surface area contributed by atoms with E-state index in [1.807, 2.05) is 109 Å². The molecule has 8 aromatic carbocycles. The molecule has 4 heterocycles. The molecule has 0 radical (unpaired) electrons. The van der Waals surface area contributed by atoms with Crippen molar-refractivity contribution in [2.45, 2.75) is 0 Å². The highest BCUT2D eigenvalue weighted by Crippen LogP contribution is 2.46. The third kappa shape index (κ3) is 6.02. The Bertz CT molecular complexity index is 3510. The molecule has 0 unspecified atom stereocenters. The number of nitrogens with zero attached hydrogens (tertiary/aromatic N) is 6. The molecule has 12 aromatic rings. The number of rotatable bonds is 7. The lowest BCUT2D eigenvalue weighted by Gasteiger charge is -2.13. The van der Waals surface area contributed by atoms with Crippen LogP contribution in [0.25, 0.3) is 117 Å². The fourth-order valence-electron chi connectivity index (χ4n) is 8.58. The van der Waals surface area contributed by atoms with Gasteiger partial charge >= 0.3 is 0 Å². The quantitative estimate of drug-likeness (QED) is 0.160. The van der Waals surface area contributed by atoms with E-state index in [1.165, 1.54) is 0 Å². The van der Waals surface area contributed by atoms with Crippen molar-refractivity contribution in [2.24, 2.45) is 0 Å². The topological polar surface area (TPSA) is 82.5 Å². The van der Waals surface area contributed by atoms with Gasteiger partial charge in [-0.15, -0.1) is 0 Å². The zero-order valence-electron chi connectivity index (χ0n) is 33.2. The van der Waals surface area contributed by atoms with E-state index in [-0.39, 0.29) is 0 Å². The predicted octanol–water partition coefficient (Wildman–Crippen LogP) is 13.7. The molecule has 12 rings (SSSR count). The molecule has 290 valence electrons. The highest BCUT2D eigenvalue weighted by molar-refractivity contribution is 6.26. The number of hydrogen-bond acceptors (Lipinski definition) is 6. The third-order valence-corrected chi connectivity index (χ3v) is 11.5. The molecular weight excluding hydrogens is 761 g/mol. The van der Waals surface area contributed by atoms with Crippen LogP contribution in [-0.4, -0.2) is 29.5 Å². The summed E-state index contributed by atoms with van der Waals surface area (Å²) in [6.45, 7) is 0. The number of aromatic nitrogens is 6. The van der Waals surface area contributed by atoms with Gasteiger partial charge in [-0.25, -0.2) is 24.9 Å². The van der Waals surface area contributed by atoms with Crippen LogP contribution in [-0.2, 0) is 0 Å². The first kappa shape index (κ1) is 35.4. The van der Waals surface area contributed by atoms with Gasteiger partial charge in [-0.3, -0.25) is 4.57 Å². The largest absolute Gasteiger partial charge is 0.454 e. The average Bonchev–Trinajstić information content (AvgIpc) is 3.91. The summed E-state index contributed by atoms with van der Waals surface area (Å²) in [4.78, 5) is 25.6. The van der Waals surface area contributed by atoms with Crippen molar-refractivity contribution in [3.8, 4) is 73.8 Å². The fourth-order valence-corrected chi connectivity index (χ4v) is 8.58. The van der Waals surface area contributed by atoms with E-state index in [0.29, 0.717) is 23.3 Å². The summed E-state index contributed by atoms with van der Waals surface area (Å²) < 4.78 is 9.15. The number of hydrogen-bond donors (Lipinski definition) is 0. The van der Waals surface area contributed by atoms with Gasteiger partial charge in [0.25, 0.3) is 0 Å². The number of fused-ring (bicyclic) bond motifs is 7. The molecule has 0 saturated heterocycles. The van der Waals surface area contributed by atoms with Gasteiger partial charge < -0.3 is 4.42 Å². The van der Waals surface area contributed by atoms with E-state index in [1.54, 1.807) is 0 Å². The van der Waals surface area contributed by atoms with E-state index in [9.17, 15) is 0 Å². The Kier molecular flexibility index (Phi) is 8.35. The lowest BCUT2D eigenvalue weighted by molar-refractivity contribution is 0.671. The maximum Gasteiger partial charge on any atom is 0.164 e. The van der Waals surface area contributed by atoms with Crippen LogP contribution in [0.5, 0.6) is 0 Å². The predicted molar refractivity (Wildman–Crippen MR) is 250 cm³/mol. The van der Waals surface area contributed by atoms with Gasteiger partial charge in [-0.2, -0.15) is 0 Å². The Morgan fingerprint density at radius 2 is 0.855 bits per heavy atom. The molecule has 0 saturated carbocycles. The maximum absolute atomic E-state index is 6.89. The van der Waals surface area contributed by atoms with Crippen LogP contribution in [0.2, 0.25) is 0 Å². The molecule has 0 atom stereocenters. The highest BCUT2D eigenvalue weighted by atomic mass is 16.3. The van der Waals surface area contributed by atoms with Gasteiger partial charge in [-0.1, -0.05) is 176 Å². The van der Waals surface area contributed by atoms with Gasteiger partial charge in [0, 0.05) is 55.4 Å². The SMILES string of the molecule is c1ccc(-c2cc(-n3c4ccccc4c4c(-c5cccc(-c6nc(-c7ccccc7)nc(-c7ccccc7)n6)c5)cc5c6ccccc6oc5c43)nc(-c3ccccc3)n2)cc1. The lowest BCUT2D eigenvalue weighted by atomic mass is 9.95. The number of para-hydroxylation sites is 2. The zero-order chi connectivity index (χ0) is 41.0. The Morgan fingerprint density at radius 1 is 0.355 bits per heavy atom. The van der Waals surface area contributed by atoms with E-state index in [0.717, 1.165) is 94.2 Å². The third-order valence-electron chi connectivity index (χ3n) is 11.5. The summed E-state index contributed by atoms with van der Waals surface area (Å²) in [6, 6.07) is 70.3. The summed E-state index contributed by atoms with van der Waals surface area (Å²) in [6.07, 6.45) is 0. The molecule has 7 heteroatoms. The van der Waals surface area contributed by atoms with Gasteiger partial charge in [-0.05, 0) is 35.4 Å². The zero-order valence-corrected chi connectivity index (χ0v) is 33.2. The summed E-state index contributed by atoms with van der Waals surface area (Å²) in [5.41, 5.74) is 11.1. The molecule has 0 N–H and O–H groups in total. The Morgan fingerprint density at radius 3 is 1.50 bits per heavy atom. The van der Waals surface area contributed by atoms with Crippen LogP contribution in [0.4, 0.5) is 0 Å². The minimum atomic E-state index is 0.593. The lowest BCUT2D eigenvalue weighted by Crippen LogP contribution is -2.02. The molecule has 0 aliphatic rings. The molecule has 0 amide bonds. The molecule has 0 aliphatic heterocycles. The normalized spacial score (nSPS) is 11.5. The summed E-state index contributed by atoms with van der Waals surface area (Å²) in [7, 11) is 0. The fraction of sp³-hybridized carbons (Fsp3) is 0. The molecule has 62 heavy (non-hydrogen) atoms. The van der Waals surface area contributed by atoms with Crippen molar-refractivity contribution >= 4 is 43.7 Å². The van der Waals surface area contributed by atoms with Crippen LogP contribution in [0.3, 0.4) is 0 Å². The van der Waals surface area contributed by atoms with Gasteiger partial charge in [0.15, 0.2) is 28.9 Å². The van der Waals surface area contributed by atoms with Gasteiger partial charge in [0.2, 0.25) is 0 Å². The van der Waals surface area contributed by atoms with Crippen LogP contribution < -0.4 is 0 Å². The molecular formula is C55H34N6O. The maximum atomic E-state index is 6.89. The Hall–Kier alpha value is -8.55. The standard InChI is InChI=1S/C55H34N6O/c1-5-18-35(19-6-1)45-34-48(57-52(56-45)36-20-7-2-8-21-36)61-46-30-15-13-29-42(46)49-43(33-44-41-28-14-16-31-47(41)62-51(44)50(49)61)39-26-17-27-40(32-39)55-59-53(37-22-9-3-10-23-37)58-54(60-55)38-24-11-4-12-25-38/h1-34H. The smallest absolute Gasteiger partial charge is 0.164 e. The van der Waals surface area contributed by atoms with Crippen molar-refractivity contribution < 1.29 is 4.42 Å². The van der Waals surface area contributed by atoms with Crippen LogP contribution in [0.15, 0.2) is 211 Å². The first-order valence-electron chi connectivity index (χ1n) is 20.6. The summed E-state index contributed by atoms with van der Waals surface area (Å²) in [5.74, 6) is 3.21. The molecule has 0 aliphatic carbocycles. The van der Waals surface area contributed by atoms with E-state index in [2.05, 4.69) is 102 Å². The van der Waals surface area contributed by atoms with Gasteiger partial charge in [0.05, 0.1) is 16.7 Å². The first-order chi connectivity index (χ1) is 30.7. The van der Waals surface area contributed by atoms with Crippen molar-refractivity contribution in [3.63, 3.8) is 0 Å². The first-order valence-corrected chi connectivity index (χ1v) is 20.6. The van der Waals surface area contributed by atoms with E-state index < -0.39 is 0 Å². The van der Waals surface area contributed by atoms with Gasteiger partial charge in [0.1, 0.15) is 11.4 Å². The second kappa shape index (κ2) is 14.6. The Balaban J connectivity index is 1.14. The van der Waals surface area contributed by atoms with Crippen LogP contribution in [0, 0.1) is 0 Å². The van der Waals surface area contributed by atoms with E-state index in [4.69, 9.17) is 29.3 Å². The molecule has 0 fully saturated rings. The molecule has 7 nitrogen and oxygen atoms in total. The monoisotopic (exact) mass is 794 g/mol. The average molecular weight is 795 g/mol. The Labute approximate surface area is 356 Å². The van der Waals surface area contributed by atoms with Crippen molar-refractivity contribution in [1.29, 1.82) is 0 Å². The molecule has 4 aromatic heterocycles. The van der Waals surface area contributed by atoms with Crippen molar-refractivity contribution in [2.75, 3.05) is 0 Å². The summed E-state index contributed by atoms with van der Waals surface area (Å²) >= 11 is 0. The van der Waals surface area contributed by atoms with Crippen molar-refractivity contribution in [1.82, 2.24) is 29.5 Å². The number of benzene rings is 8. The number of furan rings is 1. The van der Waals surface area contributed by atoms with Crippen LogP contribution in [0.1, 0.15) is 0 Å². The second-order valence-corrected chi connectivity index (χ2v) is 15.3. The van der Waals surface area contributed by atoms with E-state index >= 15 is 0 Å². The highest BCUT2D eigenvalue weighted by Gasteiger charge is 2.25. The van der Waals surface area contributed by atoms with Crippen LogP contribution >= 0.6 is 0 Å².